The molecule has 1 heterocycles. The van der Waals surface area contributed by atoms with Gasteiger partial charge in [-0.2, -0.15) is 0 Å². The summed E-state index contributed by atoms with van der Waals surface area (Å²) in [6, 6.07) is 1.47. The normalized spacial score (nSPS) is 14.2. The van der Waals surface area contributed by atoms with Crippen molar-refractivity contribution in [1.29, 1.82) is 0 Å². The first-order valence-corrected chi connectivity index (χ1v) is 5.24. The standard InChI is InChI=1S/C11H12N2O4/c1-12-10(14)9-8(11(15)16)7(4-5-13-9)17-6-2-3-6/h4-6H,2-3H2,1H3,(H,12,14)(H,15,16). The van der Waals surface area contributed by atoms with Crippen molar-refractivity contribution in [3.05, 3.63) is 23.5 Å². The number of aromatic carboxylic acids is 1. The number of rotatable bonds is 4. The van der Waals surface area contributed by atoms with Gasteiger partial charge in [0.05, 0.1) is 6.10 Å². The fourth-order valence-corrected chi connectivity index (χ4v) is 1.40. The minimum Gasteiger partial charge on any atom is -0.489 e. The highest BCUT2D eigenvalue weighted by Gasteiger charge is 2.28. The predicted octanol–water partition coefficient (Wildman–Crippen LogP) is 0.681. The van der Waals surface area contributed by atoms with Crippen LogP contribution in [0.1, 0.15) is 33.7 Å². The number of carbonyl (C=O) groups excluding carboxylic acids is 1. The Labute approximate surface area is 97.6 Å². The van der Waals surface area contributed by atoms with E-state index in [-0.39, 0.29) is 23.1 Å². The van der Waals surface area contributed by atoms with E-state index in [0.717, 1.165) is 12.8 Å². The Hall–Kier alpha value is -2.11. The van der Waals surface area contributed by atoms with E-state index < -0.39 is 11.9 Å². The number of hydrogen-bond donors (Lipinski definition) is 2. The van der Waals surface area contributed by atoms with Crippen LogP contribution in [0.4, 0.5) is 0 Å². The number of pyridine rings is 1. The Morgan fingerprint density at radius 1 is 1.53 bits per heavy atom. The summed E-state index contributed by atoms with van der Waals surface area (Å²) >= 11 is 0. The molecule has 0 spiro atoms. The SMILES string of the molecule is CNC(=O)c1nccc(OC2CC2)c1C(=O)O. The van der Waals surface area contributed by atoms with Crippen LogP contribution in [0.15, 0.2) is 12.3 Å². The van der Waals surface area contributed by atoms with Crippen LogP contribution in [-0.4, -0.2) is 35.1 Å². The molecule has 90 valence electrons. The first-order chi connectivity index (χ1) is 8.13. The highest BCUT2D eigenvalue weighted by Crippen LogP contribution is 2.30. The molecular weight excluding hydrogens is 224 g/mol. The van der Waals surface area contributed by atoms with Crippen LogP contribution in [-0.2, 0) is 0 Å². The van der Waals surface area contributed by atoms with Gasteiger partial charge in [0.25, 0.3) is 5.91 Å². The first-order valence-electron chi connectivity index (χ1n) is 5.24. The highest BCUT2D eigenvalue weighted by molar-refractivity contribution is 6.04. The molecule has 1 aromatic rings. The van der Waals surface area contributed by atoms with Gasteiger partial charge in [-0.1, -0.05) is 0 Å². The molecule has 0 atom stereocenters. The zero-order valence-electron chi connectivity index (χ0n) is 9.27. The van der Waals surface area contributed by atoms with Crippen LogP contribution >= 0.6 is 0 Å². The van der Waals surface area contributed by atoms with Gasteiger partial charge in [0, 0.05) is 13.2 Å². The lowest BCUT2D eigenvalue weighted by Gasteiger charge is -2.10. The molecule has 1 fully saturated rings. The molecule has 6 heteroatoms. The lowest BCUT2D eigenvalue weighted by molar-refractivity contribution is 0.0685. The first kappa shape index (κ1) is 11.4. The third-order valence-corrected chi connectivity index (χ3v) is 2.39. The molecule has 1 aromatic heterocycles. The Morgan fingerprint density at radius 3 is 2.76 bits per heavy atom. The highest BCUT2D eigenvalue weighted by atomic mass is 16.5. The third kappa shape index (κ3) is 2.35. The van der Waals surface area contributed by atoms with E-state index in [0.29, 0.717) is 0 Å². The smallest absolute Gasteiger partial charge is 0.341 e. The number of carboxylic acids is 1. The third-order valence-electron chi connectivity index (χ3n) is 2.39. The van der Waals surface area contributed by atoms with Crippen molar-refractivity contribution in [2.45, 2.75) is 18.9 Å². The number of nitrogens with one attached hydrogen (secondary N) is 1. The Bertz CT molecular complexity index is 469. The van der Waals surface area contributed by atoms with E-state index >= 15 is 0 Å². The number of ether oxygens (including phenoxy) is 1. The van der Waals surface area contributed by atoms with E-state index in [1.54, 1.807) is 0 Å². The molecule has 17 heavy (non-hydrogen) atoms. The van der Waals surface area contributed by atoms with Gasteiger partial charge >= 0.3 is 5.97 Å². The Balaban J connectivity index is 2.43. The molecule has 0 aromatic carbocycles. The van der Waals surface area contributed by atoms with Crippen molar-refractivity contribution < 1.29 is 19.4 Å². The Morgan fingerprint density at radius 2 is 2.24 bits per heavy atom. The molecule has 2 N–H and O–H groups in total. The maximum Gasteiger partial charge on any atom is 0.341 e. The van der Waals surface area contributed by atoms with Gasteiger partial charge in [-0.05, 0) is 18.9 Å². The molecule has 1 saturated carbocycles. The van der Waals surface area contributed by atoms with Crippen molar-refractivity contribution in [3.8, 4) is 5.75 Å². The van der Waals surface area contributed by atoms with Gasteiger partial charge < -0.3 is 15.2 Å². The summed E-state index contributed by atoms with van der Waals surface area (Å²) in [6.07, 6.45) is 3.26. The molecule has 0 saturated heterocycles. The molecule has 6 nitrogen and oxygen atoms in total. The van der Waals surface area contributed by atoms with Crippen molar-refractivity contribution in [3.63, 3.8) is 0 Å². The second-order valence-corrected chi connectivity index (χ2v) is 3.73. The second kappa shape index (κ2) is 4.40. The molecule has 0 radical (unpaired) electrons. The quantitative estimate of drug-likeness (QED) is 0.802. The number of nitrogens with zero attached hydrogens (tertiary/aromatic N) is 1. The second-order valence-electron chi connectivity index (χ2n) is 3.73. The maximum absolute atomic E-state index is 11.5. The van der Waals surface area contributed by atoms with Gasteiger partial charge in [0.2, 0.25) is 0 Å². The van der Waals surface area contributed by atoms with Crippen LogP contribution < -0.4 is 10.1 Å². The molecular formula is C11H12N2O4. The minimum absolute atomic E-state index is 0.0630. The summed E-state index contributed by atoms with van der Waals surface area (Å²) in [4.78, 5) is 26.5. The van der Waals surface area contributed by atoms with E-state index in [4.69, 9.17) is 9.84 Å². The largest absolute Gasteiger partial charge is 0.489 e. The van der Waals surface area contributed by atoms with Crippen LogP contribution in [0.3, 0.4) is 0 Å². The summed E-state index contributed by atoms with van der Waals surface area (Å²) in [5.41, 5.74) is -0.308. The topological polar surface area (TPSA) is 88.5 Å². The summed E-state index contributed by atoms with van der Waals surface area (Å²) in [7, 11) is 1.42. The van der Waals surface area contributed by atoms with Crippen molar-refractivity contribution in [2.24, 2.45) is 0 Å². The van der Waals surface area contributed by atoms with Crippen molar-refractivity contribution in [2.75, 3.05) is 7.05 Å². The van der Waals surface area contributed by atoms with Gasteiger partial charge in [-0.15, -0.1) is 0 Å². The number of hydrogen-bond acceptors (Lipinski definition) is 4. The predicted molar refractivity (Wildman–Crippen MR) is 58.2 cm³/mol. The number of carbonyl (C=O) groups is 2. The lowest BCUT2D eigenvalue weighted by Crippen LogP contribution is -2.23. The molecule has 0 bridgehead atoms. The van der Waals surface area contributed by atoms with Crippen LogP contribution in [0, 0.1) is 0 Å². The van der Waals surface area contributed by atoms with E-state index in [1.165, 1.54) is 19.3 Å². The molecule has 2 rings (SSSR count). The maximum atomic E-state index is 11.5. The van der Waals surface area contributed by atoms with E-state index in [9.17, 15) is 9.59 Å². The number of amides is 1. The monoisotopic (exact) mass is 236 g/mol. The van der Waals surface area contributed by atoms with Gasteiger partial charge in [0.15, 0.2) is 0 Å². The lowest BCUT2D eigenvalue weighted by atomic mass is 10.1. The van der Waals surface area contributed by atoms with Gasteiger partial charge in [-0.25, -0.2) is 9.78 Å². The summed E-state index contributed by atoms with van der Waals surface area (Å²) in [5, 5.41) is 11.5. The fourth-order valence-electron chi connectivity index (χ4n) is 1.40. The minimum atomic E-state index is -1.22. The molecule has 1 amide bonds. The average molecular weight is 236 g/mol. The van der Waals surface area contributed by atoms with Crippen LogP contribution in [0.25, 0.3) is 0 Å². The average Bonchev–Trinajstić information content (AvgIpc) is 3.11. The summed E-state index contributed by atoms with van der Waals surface area (Å²) < 4.78 is 5.45. The Kier molecular flexibility index (Phi) is 2.95. The van der Waals surface area contributed by atoms with E-state index in [1.807, 2.05) is 0 Å². The van der Waals surface area contributed by atoms with Gasteiger partial charge in [0.1, 0.15) is 17.0 Å². The molecule has 1 aliphatic rings. The summed E-state index contributed by atoms with van der Waals surface area (Å²) in [5.74, 6) is -1.55. The fraction of sp³-hybridized carbons (Fsp3) is 0.364. The molecule has 1 aliphatic carbocycles. The summed E-state index contributed by atoms with van der Waals surface area (Å²) in [6.45, 7) is 0. The van der Waals surface area contributed by atoms with Crippen LogP contribution in [0.2, 0.25) is 0 Å². The van der Waals surface area contributed by atoms with E-state index in [2.05, 4.69) is 10.3 Å². The molecule has 0 unspecified atom stereocenters. The van der Waals surface area contributed by atoms with Crippen molar-refractivity contribution >= 4 is 11.9 Å². The van der Waals surface area contributed by atoms with Crippen molar-refractivity contribution in [1.82, 2.24) is 10.3 Å². The number of aromatic nitrogens is 1. The number of carboxylic acid groups (broad SMARTS) is 1. The van der Waals surface area contributed by atoms with Crippen LogP contribution in [0.5, 0.6) is 5.75 Å². The zero-order valence-corrected chi connectivity index (χ0v) is 9.27. The zero-order chi connectivity index (χ0) is 12.4. The molecule has 0 aliphatic heterocycles. The van der Waals surface area contributed by atoms with Gasteiger partial charge in [-0.3, -0.25) is 4.79 Å².